The molecule has 21 heavy (non-hydrogen) atoms. The van der Waals surface area contributed by atoms with Gasteiger partial charge in [-0.15, -0.1) is 0 Å². The summed E-state index contributed by atoms with van der Waals surface area (Å²) in [4.78, 5) is 3.13. The molecular formula is C17H16N2OS. The predicted molar refractivity (Wildman–Crippen MR) is 87.1 cm³/mol. The van der Waals surface area contributed by atoms with Gasteiger partial charge in [0.25, 0.3) is 0 Å². The van der Waals surface area contributed by atoms with Gasteiger partial charge in [-0.05, 0) is 47.6 Å². The van der Waals surface area contributed by atoms with Gasteiger partial charge in [0, 0.05) is 6.20 Å². The number of aromatic amines is 1. The summed E-state index contributed by atoms with van der Waals surface area (Å²) in [6.07, 6.45) is 1.95. The number of rotatable bonds is 4. The number of benzene rings is 2. The number of methoxy groups -OCH3 is 1. The van der Waals surface area contributed by atoms with Crippen LogP contribution in [0.3, 0.4) is 0 Å². The van der Waals surface area contributed by atoms with E-state index in [-0.39, 0.29) is 0 Å². The van der Waals surface area contributed by atoms with Crippen LogP contribution in [0.2, 0.25) is 0 Å². The van der Waals surface area contributed by atoms with Crippen LogP contribution in [0.5, 0.6) is 5.75 Å². The highest BCUT2D eigenvalue weighted by molar-refractivity contribution is 7.71. The number of nitrogens with zero attached hydrogens (tertiary/aromatic N) is 1. The smallest absolute Gasteiger partial charge is 0.177 e. The molecule has 2 aromatic carbocycles. The van der Waals surface area contributed by atoms with Crippen molar-refractivity contribution in [2.45, 2.75) is 6.54 Å². The molecule has 0 aliphatic carbocycles. The van der Waals surface area contributed by atoms with Crippen LogP contribution >= 0.6 is 12.2 Å². The van der Waals surface area contributed by atoms with Gasteiger partial charge in [0.15, 0.2) is 4.77 Å². The maximum absolute atomic E-state index is 5.40. The number of nitrogens with one attached hydrogen (secondary N) is 1. The third kappa shape index (κ3) is 2.90. The first-order valence-electron chi connectivity index (χ1n) is 6.74. The van der Waals surface area contributed by atoms with E-state index in [0.717, 1.165) is 28.3 Å². The average molecular weight is 296 g/mol. The Hall–Kier alpha value is -2.33. The summed E-state index contributed by atoms with van der Waals surface area (Å²) in [6, 6.07) is 18.3. The molecule has 0 aliphatic heterocycles. The molecule has 0 atom stereocenters. The molecule has 1 heterocycles. The maximum atomic E-state index is 5.40. The van der Waals surface area contributed by atoms with Gasteiger partial charge in [0.05, 0.1) is 19.3 Å². The van der Waals surface area contributed by atoms with Gasteiger partial charge in [0.1, 0.15) is 5.75 Å². The molecule has 106 valence electrons. The Morgan fingerprint density at radius 2 is 1.76 bits per heavy atom. The zero-order chi connectivity index (χ0) is 14.7. The second-order valence-electron chi connectivity index (χ2n) is 4.78. The number of ether oxygens (including phenoxy) is 1. The zero-order valence-corrected chi connectivity index (χ0v) is 12.6. The van der Waals surface area contributed by atoms with E-state index in [9.17, 15) is 0 Å². The second-order valence-corrected chi connectivity index (χ2v) is 5.17. The number of H-pyrrole nitrogens is 1. The Labute approximate surface area is 128 Å². The van der Waals surface area contributed by atoms with Gasteiger partial charge in [0.2, 0.25) is 0 Å². The first-order chi connectivity index (χ1) is 10.3. The Bertz CT molecular complexity index is 773. The van der Waals surface area contributed by atoms with Crippen molar-refractivity contribution in [2.24, 2.45) is 0 Å². The van der Waals surface area contributed by atoms with Gasteiger partial charge in [-0.2, -0.15) is 0 Å². The predicted octanol–water partition coefficient (Wildman–Crippen LogP) is 4.27. The van der Waals surface area contributed by atoms with Crippen molar-refractivity contribution in [2.75, 3.05) is 7.11 Å². The van der Waals surface area contributed by atoms with Gasteiger partial charge in [-0.25, -0.2) is 0 Å². The molecule has 0 amide bonds. The summed E-state index contributed by atoms with van der Waals surface area (Å²) in [6.45, 7) is 0.754. The fourth-order valence-electron chi connectivity index (χ4n) is 2.32. The minimum Gasteiger partial charge on any atom is -0.497 e. The van der Waals surface area contributed by atoms with E-state index < -0.39 is 0 Å². The second kappa shape index (κ2) is 5.97. The van der Waals surface area contributed by atoms with Crippen molar-refractivity contribution in [3.63, 3.8) is 0 Å². The summed E-state index contributed by atoms with van der Waals surface area (Å²) in [5, 5.41) is 0. The first-order valence-corrected chi connectivity index (χ1v) is 7.15. The molecule has 3 rings (SSSR count). The molecular weight excluding hydrogens is 280 g/mol. The number of hydrogen-bond donors (Lipinski definition) is 1. The molecule has 0 spiro atoms. The Kier molecular flexibility index (Phi) is 3.88. The molecule has 0 radical (unpaired) electrons. The minimum absolute atomic E-state index is 0.727. The fourth-order valence-corrected chi connectivity index (χ4v) is 2.54. The van der Waals surface area contributed by atoms with Crippen molar-refractivity contribution in [3.8, 4) is 17.0 Å². The number of imidazole rings is 1. The molecule has 3 aromatic rings. The lowest BCUT2D eigenvalue weighted by molar-refractivity contribution is 0.415. The summed E-state index contributed by atoms with van der Waals surface area (Å²) in [7, 11) is 1.67. The summed E-state index contributed by atoms with van der Waals surface area (Å²) in [5.41, 5.74) is 3.41. The highest BCUT2D eigenvalue weighted by Gasteiger charge is 2.07. The lowest BCUT2D eigenvalue weighted by atomic mass is 10.1. The summed E-state index contributed by atoms with van der Waals surface area (Å²) < 4.78 is 8.03. The number of aromatic nitrogens is 2. The van der Waals surface area contributed by atoms with Crippen LogP contribution in [0.15, 0.2) is 60.8 Å². The minimum atomic E-state index is 0.727. The lowest BCUT2D eigenvalue weighted by Gasteiger charge is -2.09. The quantitative estimate of drug-likeness (QED) is 0.729. The normalized spacial score (nSPS) is 10.5. The van der Waals surface area contributed by atoms with Crippen LogP contribution in [0.25, 0.3) is 11.3 Å². The maximum Gasteiger partial charge on any atom is 0.177 e. The highest BCUT2D eigenvalue weighted by Crippen LogP contribution is 2.23. The Balaban J connectivity index is 1.98. The van der Waals surface area contributed by atoms with Gasteiger partial charge >= 0.3 is 0 Å². The molecule has 0 unspecified atom stereocenters. The standard InChI is InChI=1S/C17H16N2OS/c1-20-15-9-7-14(8-10-15)16-11-18-17(21)19(16)12-13-5-3-2-4-6-13/h2-11H,12H2,1H3,(H,18,21). The average Bonchev–Trinajstić information content (AvgIpc) is 2.90. The van der Waals surface area contributed by atoms with E-state index in [0.29, 0.717) is 0 Å². The van der Waals surface area contributed by atoms with E-state index in [1.807, 2.05) is 48.7 Å². The topological polar surface area (TPSA) is 29.9 Å². The van der Waals surface area contributed by atoms with E-state index in [1.165, 1.54) is 5.56 Å². The van der Waals surface area contributed by atoms with Crippen LogP contribution < -0.4 is 4.74 Å². The third-order valence-electron chi connectivity index (χ3n) is 3.44. The van der Waals surface area contributed by atoms with Gasteiger partial charge in [-0.1, -0.05) is 30.3 Å². The van der Waals surface area contributed by atoms with E-state index in [4.69, 9.17) is 17.0 Å². The fraction of sp³-hybridized carbons (Fsp3) is 0.118. The molecule has 0 saturated heterocycles. The third-order valence-corrected chi connectivity index (χ3v) is 3.78. The molecule has 0 bridgehead atoms. The van der Waals surface area contributed by atoms with Gasteiger partial charge in [-0.3, -0.25) is 0 Å². The monoisotopic (exact) mass is 296 g/mol. The van der Waals surface area contributed by atoms with E-state index >= 15 is 0 Å². The largest absolute Gasteiger partial charge is 0.497 e. The van der Waals surface area contributed by atoms with Crippen LogP contribution in [0.1, 0.15) is 5.56 Å². The van der Waals surface area contributed by atoms with Crippen molar-refractivity contribution in [1.82, 2.24) is 9.55 Å². The van der Waals surface area contributed by atoms with Crippen LogP contribution in [-0.4, -0.2) is 16.7 Å². The molecule has 4 heteroatoms. The zero-order valence-electron chi connectivity index (χ0n) is 11.7. The van der Waals surface area contributed by atoms with Crippen LogP contribution in [0, 0.1) is 4.77 Å². The van der Waals surface area contributed by atoms with E-state index in [2.05, 4.69) is 21.7 Å². The van der Waals surface area contributed by atoms with Crippen LogP contribution in [0.4, 0.5) is 0 Å². The molecule has 1 N–H and O–H groups in total. The number of hydrogen-bond acceptors (Lipinski definition) is 2. The Morgan fingerprint density at radius 3 is 2.43 bits per heavy atom. The SMILES string of the molecule is COc1ccc(-c2c[nH]c(=S)n2Cc2ccccc2)cc1. The highest BCUT2D eigenvalue weighted by atomic mass is 32.1. The van der Waals surface area contributed by atoms with Crippen LogP contribution in [-0.2, 0) is 6.54 Å². The van der Waals surface area contributed by atoms with Gasteiger partial charge < -0.3 is 14.3 Å². The summed E-state index contributed by atoms with van der Waals surface area (Å²) >= 11 is 5.40. The van der Waals surface area contributed by atoms with Crippen molar-refractivity contribution in [1.29, 1.82) is 0 Å². The molecule has 1 aromatic heterocycles. The molecule has 3 nitrogen and oxygen atoms in total. The Morgan fingerprint density at radius 1 is 1.05 bits per heavy atom. The lowest BCUT2D eigenvalue weighted by Crippen LogP contribution is -2.01. The van der Waals surface area contributed by atoms with Crippen molar-refractivity contribution >= 4 is 12.2 Å². The molecule has 0 fully saturated rings. The molecule has 0 aliphatic rings. The molecule has 0 saturated carbocycles. The van der Waals surface area contributed by atoms with Crippen molar-refractivity contribution in [3.05, 3.63) is 71.1 Å². The first kappa shape index (κ1) is 13.6. The van der Waals surface area contributed by atoms with E-state index in [1.54, 1.807) is 7.11 Å². The van der Waals surface area contributed by atoms with Crippen molar-refractivity contribution < 1.29 is 4.74 Å². The summed E-state index contributed by atoms with van der Waals surface area (Å²) in [5.74, 6) is 0.850.